The zero-order chi connectivity index (χ0) is 17.9. The zero-order valence-corrected chi connectivity index (χ0v) is 14.8. The molecule has 0 bridgehead atoms. The van der Waals surface area contributed by atoms with E-state index in [2.05, 4.69) is 5.32 Å². The van der Waals surface area contributed by atoms with Gasteiger partial charge in [-0.25, -0.2) is 8.42 Å². The molecule has 0 aliphatic carbocycles. The number of nitrogens with one attached hydrogen (secondary N) is 1. The third-order valence-corrected chi connectivity index (χ3v) is 6.49. The van der Waals surface area contributed by atoms with Crippen molar-refractivity contribution in [1.82, 2.24) is 9.62 Å². The number of hydrogen-bond donors (Lipinski definition) is 2. The van der Waals surface area contributed by atoms with Crippen molar-refractivity contribution in [2.45, 2.75) is 17.7 Å². The predicted octanol–water partition coefficient (Wildman–Crippen LogP) is 1.32. The van der Waals surface area contributed by atoms with Crippen LogP contribution in [0.25, 0.3) is 10.8 Å². The normalized spacial score (nSPS) is 19.0. The van der Waals surface area contributed by atoms with Gasteiger partial charge < -0.3 is 11.1 Å². The Balaban J connectivity index is 1.87. The summed E-state index contributed by atoms with van der Waals surface area (Å²) in [4.78, 5) is 12.5. The zero-order valence-electron chi connectivity index (χ0n) is 14.0. The van der Waals surface area contributed by atoms with Crippen molar-refractivity contribution < 1.29 is 13.2 Å². The van der Waals surface area contributed by atoms with Crippen LogP contribution in [0, 0.1) is 5.92 Å². The Morgan fingerprint density at radius 1 is 1.20 bits per heavy atom. The average molecular weight is 361 g/mol. The van der Waals surface area contributed by atoms with Crippen molar-refractivity contribution in [3.05, 3.63) is 42.5 Å². The first-order valence-electron chi connectivity index (χ1n) is 8.49. The van der Waals surface area contributed by atoms with Gasteiger partial charge in [0.05, 0.1) is 10.8 Å². The van der Waals surface area contributed by atoms with Gasteiger partial charge in [0.25, 0.3) is 0 Å². The summed E-state index contributed by atoms with van der Waals surface area (Å²) in [5, 5.41) is 4.35. The highest BCUT2D eigenvalue weighted by Crippen LogP contribution is 2.28. The maximum Gasteiger partial charge on any atom is 0.243 e. The number of amides is 1. The van der Waals surface area contributed by atoms with Crippen molar-refractivity contribution in [1.29, 1.82) is 0 Å². The van der Waals surface area contributed by atoms with Gasteiger partial charge in [-0.15, -0.1) is 0 Å². The van der Waals surface area contributed by atoms with Gasteiger partial charge in [-0.2, -0.15) is 4.31 Å². The van der Waals surface area contributed by atoms with E-state index in [1.807, 2.05) is 30.3 Å². The van der Waals surface area contributed by atoms with Gasteiger partial charge in [0.1, 0.15) is 0 Å². The summed E-state index contributed by atoms with van der Waals surface area (Å²) in [5.41, 5.74) is 5.41. The van der Waals surface area contributed by atoms with Crippen LogP contribution in [-0.4, -0.2) is 44.8 Å². The molecule has 7 heteroatoms. The first-order valence-corrected chi connectivity index (χ1v) is 9.94. The maximum atomic E-state index is 13.2. The Morgan fingerprint density at radius 3 is 2.76 bits per heavy atom. The molecule has 3 N–H and O–H groups in total. The monoisotopic (exact) mass is 361 g/mol. The van der Waals surface area contributed by atoms with Crippen molar-refractivity contribution in [3.63, 3.8) is 0 Å². The molecule has 0 aromatic heterocycles. The molecule has 3 rings (SSSR count). The van der Waals surface area contributed by atoms with Crippen LogP contribution in [0.5, 0.6) is 0 Å². The summed E-state index contributed by atoms with van der Waals surface area (Å²) in [7, 11) is -3.65. The number of carbonyl (C=O) groups excluding carboxylic acids is 1. The Kier molecular flexibility index (Phi) is 5.36. The molecule has 0 spiro atoms. The van der Waals surface area contributed by atoms with Gasteiger partial charge in [-0.1, -0.05) is 36.4 Å². The van der Waals surface area contributed by atoms with E-state index in [-0.39, 0.29) is 18.4 Å². The van der Waals surface area contributed by atoms with Crippen LogP contribution < -0.4 is 11.1 Å². The van der Waals surface area contributed by atoms with E-state index >= 15 is 0 Å². The molecule has 6 nitrogen and oxygen atoms in total. The van der Waals surface area contributed by atoms with Crippen LogP contribution in [0.15, 0.2) is 47.4 Å². The van der Waals surface area contributed by atoms with E-state index in [9.17, 15) is 13.2 Å². The summed E-state index contributed by atoms with van der Waals surface area (Å²) in [6.45, 7) is 1.43. The van der Waals surface area contributed by atoms with Gasteiger partial charge in [-0.3, -0.25) is 4.79 Å². The molecule has 2 aromatic rings. The lowest BCUT2D eigenvalue weighted by atomic mass is 9.99. The minimum absolute atomic E-state index is 0.122. The second kappa shape index (κ2) is 7.51. The standard InChI is InChI=1S/C18H23N3O3S/c19-10-11-20-18(22)15-7-4-12-21(13-15)25(23,24)17-9-3-6-14-5-1-2-8-16(14)17/h1-3,5-6,8-9,15H,4,7,10-13,19H2,(H,20,22). The SMILES string of the molecule is NCCNC(=O)C1CCCN(S(=O)(=O)c2cccc3ccccc23)C1. The highest BCUT2D eigenvalue weighted by atomic mass is 32.2. The molecule has 0 saturated carbocycles. The quantitative estimate of drug-likeness (QED) is 0.840. The largest absolute Gasteiger partial charge is 0.355 e. The fraction of sp³-hybridized carbons (Fsp3) is 0.389. The molecule has 25 heavy (non-hydrogen) atoms. The second-order valence-corrected chi connectivity index (χ2v) is 8.17. The number of sulfonamides is 1. The molecule has 1 unspecified atom stereocenters. The van der Waals surface area contributed by atoms with E-state index in [0.29, 0.717) is 42.8 Å². The number of benzene rings is 2. The molecule has 0 radical (unpaired) electrons. The number of fused-ring (bicyclic) bond motifs is 1. The van der Waals surface area contributed by atoms with Crippen molar-refractivity contribution in [2.75, 3.05) is 26.2 Å². The first-order chi connectivity index (χ1) is 12.0. The second-order valence-electron chi connectivity index (χ2n) is 6.26. The Bertz CT molecular complexity index is 862. The highest BCUT2D eigenvalue weighted by molar-refractivity contribution is 7.89. The van der Waals surface area contributed by atoms with Crippen LogP contribution in [-0.2, 0) is 14.8 Å². The molecule has 1 aliphatic heterocycles. The number of carbonyl (C=O) groups is 1. The van der Waals surface area contributed by atoms with Crippen molar-refractivity contribution in [3.8, 4) is 0 Å². The average Bonchev–Trinajstić information content (AvgIpc) is 2.65. The lowest BCUT2D eigenvalue weighted by Gasteiger charge is -2.31. The molecule has 1 atom stereocenters. The topological polar surface area (TPSA) is 92.5 Å². The molecule has 134 valence electrons. The van der Waals surface area contributed by atoms with E-state index in [4.69, 9.17) is 5.73 Å². The lowest BCUT2D eigenvalue weighted by Crippen LogP contribution is -2.46. The van der Waals surface area contributed by atoms with Gasteiger partial charge in [0, 0.05) is 31.6 Å². The Hall–Kier alpha value is -1.96. The number of hydrogen-bond acceptors (Lipinski definition) is 4. The Labute approximate surface area is 148 Å². The third-order valence-electron chi connectivity index (χ3n) is 4.57. The summed E-state index contributed by atoms with van der Waals surface area (Å²) in [6.07, 6.45) is 1.36. The van der Waals surface area contributed by atoms with Crippen molar-refractivity contribution in [2.24, 2.45) is 11.7 Å². The number of rotatable bonds is 5. The molecular formula is C18H23N3O3S. The molecule has 1 heterocycles. The fourth-order valence-electron chi connectivity index (χ4n) is 3.27. The molecule has 1 aliphatic rings. The van der Waals surface area contributed by atoms with E-state index in [1.165, 1.54) is 4.31 Å². The van der Waals surface area contributed by atoms with E-state index in [0.717, 1.165) is 5.39 Å². The van der Waals surface area contributed by atoms with E-state index < -0.39 is 10.0 Å². The lowest BCUT2D eigenvalue weighted by molar-refractivity contribution is -0.126. The molecule has 2 aromatic carbocycles. The van der Waals surface area contributed by atoms with Crippen molar-refractivity contribution >= 4 is 26.7 Å². The van der Waals surface area contributed by atoms with Crippen LogP contribution >= 0.6 is 0 Å². The molecule has 1 saturated heterocycles. The maximum absolute atomic E-state index is 13.2. The number of nitrogens with two attached hydrogens (primary N) is 1. The summed E-state index contributed by atoms with van der Waals surface area (Å²) < 4.78 is 27.8. The molecule has 1 fully saturated rings. The van der Waals surface area contributed by atoms with Crippen LogP contribution in [0.1, 0.15) is 12.8 Å². The van der Waals surface area contributed by atoms with Gasteiger partial charge in [0.2, 0.25) is 15.9 Å². The smallest absolute Gasteiger partial charge is 0.243 e. The summed E-state index contributed by atoms with van der Waals surface area (Å²) >= 11 is 0. The highest BCUT2D eigenvalue weighted by Gasteiger charge is 2.33. The Morgan fingerprint density at radius 2 is 1.96 bits per heavy atom. The number of piperidine rings is 1. The fourth-order valence-corrected chi connectivity index (χ4v) is 5.01. The summed E-state index contributed by atoms with van der Waals surface area (Å²) in [5.74, 6) is -0.451. The first kappa shape index (κ1) is 17.8. The minimum Gasteiger partial charge on any atom is -0.355 e. The van der Waals surface area contributed by atoms with Gasteiger partial charge in [-0.05, 0) is 24.3 Å². The third kappa shape index (κ3) is 3.68. The van der Waals surface area contributed by atoms with Crippen LogP contribution in [0.3, 0.4) is 0 Å². The van der Waals surface area contributed by atoms with E-state index in [1.54, 1.807) is 12.1 Å². The van der Waals surface area contributed by atoms with Gasteiger partial charge >= 0.3 is 0 Å². The van der Waals surface area contributed by atoms with Gasteiger partial charge in [0.15, 0.2) is 0 Å². The number of nitrogens with zero attached hydrogens (tertiary/aromatic N) is 1. The van der Waals surface area contributed by atoms with Crippen LogP contribution in [0.4, 0.5) is 0 Å². The van der Waals surface area contributed by atoms with Crippen LogP contribution in [0.2, 0.25) is 0 Å². The molecular weight excluding hydrogens is 338 g/mol. The predicted molar refractivity (Wildman–Crippen MR) is 97.5 cm³/mol. The summed E-state index contributed by atoms with van der Waals surface area (Å²) in [6, 6.07) is 12.7. The molecule has 1 amide bonds. The minimum atomic E-state index is -3.65.